The molecule has 1 aliphatic rings. The van der Waals surface area contributed by atoms with Crippen LogP contribution in [0.25, 0.3) is 11.1 Å². The lowest BCUT2D eigenvalue weighted by atomic mass is 10.1. The lowest BCUT2D eigenvalue weighted by molar-refractivity contribution is 0.0511. The Hall–Kier alpha value is -2.25. The van der Waals surface area contributed by atoms with E-state index < -0.39 is 0 Å². The highest BCUT2D eigenvalue weighted by Gasteiger charge is 2.27. The molecule has 1 aliphatic heterocycles. The van der Waals surface area contributed by atoms with Crippen molar-refractivity contribution in [1.82, 2.24) is 15.0 Å². The first kappa shape index (κ1) is 17.2. The lowest BCUT2D eigenvalue weighted by Crippen LogP contribution is -2.37. The SMILES string of the molecule is Cc1cc(C(=O)N(Cc2cccs2)CC2CCCO2)c2c(C)noc2n1. The highest BCUT2D eigenvalue weighted by Crippen LogP contribution is 2.25. The van der Waals surface area contributed by atoms with Crippen LogP contribution in [-0.2, 0) is 11.3 Å². The largest absolute Gasteiger partial charge is 0.376 e. The molecule has 1 fully saturated rings. The molecule has 136 valence electrons. The molecule has 0 radical (unpaired) electrons. The summed E-state index contributed by atoms with van der Waals surface area (Å²) in [5.74, 6) is -0.0318. The van der Waals surface area contributed by atoms with E-state index in [0.29, 0.717) is 35.4 Å². The summed E-state index contributed by atoms with van der Waals surface area (Å²) >= 11 is 1.66. The summed E-state index contributed by atoms with van der Waals surface area (Å²) in [5, 5.41) is 6.72. The zero-order valence-electron chi connectivity index (χ0n) is 14.9. The van der Waals surface area contributed by atoms with E-state index in [0.717, 1.165) is 30.0 Å². The van der Waals surface area contributed by atoms with Gasteiger partial charge in [-0.25, -0.2) is 4.98 Å². The average Bonchev–Trinajstić information content (AvgIpc) is 3.36. The van der Waals surface area contributed by atoms with Crippen molar-refractivity contribution in [3.63, 3.8) is 0 Å². The van der Waals surface area contributed by atoms with Crippen LogP contribution in [0.15, 0.2) is 28.1 Å². The number of hydrogen-bond donors (Lipinski definition) is 0. The predicted molar refractivity (Wildman–Crippen MR) is 99.3 cm³/mol. The first-order valence-corrected chi connectivity index (χ1v) is 9.66. The van der Waals surface area contributed by atoms with Crippen LogP contribution < -0.4 is 0 Å². The summed E-state index contributed by atoms with van der Waals surface area (Å²) in [5.41, 5.74) is 2.44. The number of pyridine rings is 1. The van der Waals surface area contributed by atoms with Gasteiger partial charge in [-0.1, -0.05) is 11.2 Å². The number of hydrogen-bond acceptors (Lipinski definition) is 6. The molecule has 26 heavy (non-hydrogen) atoms. The van der Waals surface area contributed by atoms with E-state index in [1.54, 1.807) is 11.3 Å². The number of amides is 1. The number of aromatic nitrogens is 2. The number of aryl methyl sites for hydroxylation is 2. The van der Waals surface area contributed by atoms with E-state index in [9.17, 15) is 4.79 Å². The fourth-order valence-corrected chi connectivity index (χ4v) is 4.12. The Labute approximate surface area is 155 Å². The quantitative estimate of drug-likeness (QED) is 0.684. The molecule has 4 rings (SSSR count). The molecule has 0 N–H and O–H groups in total. The van der Waals surface area contributed by atoms with Gasteiger partial charge in [-0.3, -0.25) is 4.79 Å². The lowest BCUT2D eigenvalue weighted by Gasteiger charge is -2.25. The van der Waals surface area contributed by atoms with Gasteiger partial charge in [-0.2, -0.15) is 0 Å². The first-order chi connectivity index (χ1) is 12.6. The number of carbonyl (C=O) groups excluding carboxylic acids is 1. The van der Waals surface area contributed by atoms with Crippen LogP contribution >= 0.6 is 11.3 Å². The van der Waals surface area contributed by atoms with Gasteiger partial charge in [-0.15, -0.1) is 11.3 Å². The van der Waals surface area contributed by atoms with Gasteiger partial charge in [0, 0.05) is 23.7 Å². The minimum absolute atomic E-state index is 0.0318. The Balaban J connectivity index is 1.70. The van der Waals surface area contributed by atoms with Gasteiger partial charge >= 0.3 is 0 Å². The van der Waals surface area contributed by atoms with E-state index in [4.69, 9.17) is 9.26 Å². The highest BCUT2D eigenvalue weighted by atomic mass is 32.1. The topological polar surface area (TPSA) is 68.5 Å². The third kappa shape index (κ3) is 3.37. The fraction of sp³-hybridized carbons (Fsp3) is 0.421. The summed E-state index contributed by atoms with van der Waals surface area (Å²) in [4.78, 5) is 20.8. The summed E-state index contributed by atoms with van der Waals surface area (Å²) in [7, 11) is 0. The molecule has 4 heterocycles. The predicted octanol–water partition coefficient (Wildman–Crippen LogP) is 3.72. The zero-order chi connectivity index (χ0) is 18.1. The second kappa shape index (κ2) is 7.17. The zero-order valence-corrected chi connectivity index (χ0v) is 15.7. The van der Waals surface area contributed by atoms with Gasteiger partial charge in [0.2, 0.25) is 0 Å². The van der Waals surface area contributed by atoms with Crippen LogP contribution in [0.5, 0.6) is 0 Å². The minimum atomic E-state index is -0.0318. The number of carbonyl (C=O) groups is 1. The number of rotatable bonds is 5. The molecule has 1 atom stereocenters. The number of fused-ring (bicyclic) bond motifs is 1. The van der Waals surface area contributed by atoms with E-state index >= 15 is 0 Å². The van der Waals surface area contributed by atoms with Crippen molar-refractivity contribution < 1.29 is 14.1 Å². The van der Waals surface area contributed by atoms with Gasteiger partial charge in [0.1, 0.15) is 0 Å². The van der Waals surface area contributed by atoms with Gasteiger partial charge in [-0.05, 0) is 44.2 Å². The molecule has 1 saturated heterocycles. The van der Waals surface area contributed by atoms with E-state index in [-0.39, 0.29) is 12.0 Å². The van der Waals surface area contributed by atoms with Crippen LogP contribution in [0.4, 0.5) is 0 Å². The van der Waals surface area contributed by atoms with Crippen LogP contribution in [0.3, 0.4) is 0 Å². The van der Waals surface area contributed by atoms with Crippen molar-refractivity contribution in [1.29, 1.82) is 0 Å². The molecule has 7 heteroatoms. The molecule has 0 bridgehead atoms. The van der Waals surface area contributed by atoms with Crippen LogP contribution in [0, 0.1) is 13.8 Å². The Morgan fingerprint density at radius 2 is 2.31 bits per heavy atom. The van der Waals surface area contributed by atoms with Gasteiger partial charge in [0.15, 0.2) is 0 Å². The van der Waals surface area contributed by atoms with Gasteiger partial charge in [0.05, 0.1) is 29.3 Å². The summed E-state index contributed by atoms with van der Waals surface area (Å²) in [6.07, 6.45) is 2.14. The van der Waals surface area contributed by atoms with Crippen LogP contribution in [0.1, 0.15) is 39.5 Å². The molecule has 1 unspecified atom stereocenters. The van der Waals surface area contributed by atoms with Crippen LogP contribution in [-0.4, -0.2) is 40.2 Å². The molecule has 0 spiro atoms. The summed E-state index contributed by atoms with van der Waals surface area (Å²) in [6, 6.07) is 5.89. The standard InChI is InChI=1S/C19H21N3O3S/c1-12-9-16(17-13(2)21-25-18(17)20-12)19(23)22(10-14-5-3-7-24-14)11-15-6-4-8-26-15/h4,6,8-9,14H,3,5,7,10-11H2,1-2H3. The summed E-state index contributed by atoms with van der Waals surface area (Å²) in [6.45, 7) is 5.63. The molecule has 6 nitrogen and oxygen atoms in total. The van der Waals surface area contributed by atoms with Crippen molar-refractivity contribution in [3.05, 3.63) is 45.4 Å². The molecule has 0 saturated carbocycles. The fourth-order valence-electron chi connectivity index (χ4n) is 3.40. The molecular weight excluding hydrogens is 350 g/mol. The molecule has 3 aromatic heterocycles. The Bertz CT molecular complexity index is 914. The Morgan fingerprint density at radius 3 is 3.04 bits per heavy atom. The average molecular weight is 371 g/mol. The number of nitrogens with zero attached hydrogens (tertiary/aromatic N) is 3. The second-order valence-electron chi connectivity index (χ2n) is 6.66. The van der Waals surface area contributed by atoms with E-state index in [1.165, 1.54) is 0 Å². The molecule has 0 aliphatic carbocycles. The number of ether oxygens (including phenoxy) is 1. The minimum Gasteiger partial charge on any atom is -0.376 e. The van der Waals surface area contributed by atoms with Gasteiger partial charge < -0.3 is 14.2 Å². The third-order valence-corrected chi connectivity index (χ3v) is 5.50. The number of thiophene rings is 1. The van der Waals surface area contributed by atoms with Crippen molar-refractivity contribution in [2.24, 2.45) is 0 Å². The normalized spacial score (nSPS) is 17.1. The maximum Gasteiger partial charge on any atom is 0.258 e. The van der Waals surface area contributed by atoms with Crippen LogP contribution in [0.2, 0.25) is 0 Å². The van der Waals surface area contributed by atoms with Crippen molar-refractivity contribution in [3.8, 4) is 0 Å². The van der Waals surface area contributed by atoms with Gasteiger partial charge in [0.25, 0.3) is 11.6 Å². The highest BCUT2D eigenvalue weighted by molar-refractivity contribution is 7.09. The van der Waals surface area contributed by atoms with Crippen molar-refractivity contribution in [2.75, 3.05) is 13.2 Å². The van der Waals surface area contributed by atoms with E-state index in [1.807, 2.05) is 36.3 Å². The first-order valence-electron chi connectivity index (χ1n) is 8.78. The van der Waals surface area contributed by atoms with Crippen molar-refractivity contribution >= 4 is 28.3 Å². The molecular formula is C19H21N3O3S. The molecule has 1 amide bonds. The monoisotopic (exact) mass is 371 g/mol. The smallest absolute Gasteiger partial charge is 0.258 e. The molecule has 0 aromatic carbocycles. The molecule has 3 aromatic rings. The summed E-state index contributed by atoms with van der Waals surface area (Å²) < 4.78 is 11.1. The maximum atomic E-state index is 13.5. The maximum absolute atomic E-state index is 13.5. The van der Waals surface area contributed by atoms with E-state index in [2.05, 4.69) is 16.2 Å². The third-order valence-electron chi connectivity index (χ3n) is 4.64. The second-order valence-corrected chi connectivity index (χ2v) is 7.69. The Morgan fingerprint density at radius 1 is 1.42 bits per heavy atom. The Kier molecular flexibility index (Phi) is 4.74. The van der Waals surface area contributed by atoms with Crippen molar-refractivity contribution in [2.45, 2.75) is 39.3 Å².